The van der Waals surface area contributed by atoms with Crippen LogP contribution in [0.3, 0.4) is 0 Å². The standard InChI is InChI=1S/C17H27N3O3/c1-6-10(2)14(16(22)23)18-15(21)12-9-13(11-7-8-11)20(19-12)17(3,4)5/h9-11,14H,6-8H2,1-5H3,(H,18,21)(H,22,23)/t10-,14-/m0/s1. The molecule has 0 radical (unpaired) electrons. The van der Waals surface area contributed by atoms with Crippen LogP contribution < -0.4 is 5.32 Å². The van der Waals surface area contributed by atoms with Crippen LogP contribution in [0.15, 0.2) is 6.07 Å². The number of hydrogen-bond donors (Lipinski definition) is 2. The molecular formula is C17H27N3O3. The highest BCUT2D eigenvalue weighted by molar-refractivity contribution is 5.95. The minimum Gasteiger partial charge on any atom is -0.480 e. The van der Waals surface area contributed by atoms with Crippen molar-refractivity contribution >= 4 is 11.9 Å². The van der Waals surface area contributed by atoms with Gasteiger partial charge in [-0.3, -0.25) is 9.48 Å². The number of carboxylic acids is 1. The highest BCUT2D eigenvalue weighted by Crippen LogP contribution is 2.41. The molecule has 1 aromatic heterocycles. The van der Waals surface area contributed by atoms with Crippen molar-refractivity contribution in [2.75, 3.05) is 0 Å². The first-order valence-corrected chi connectivity index (χ1v) is 8.29. The minimum absolute atomic E-state index is 0.135. The zero-order valence-corrected chi connectivity index (χ0v) is 14.6. The Morgan fingerprint density at radius 3 is 2.48 bits per heavy atom. The number of rotatable bonds is 6. The lowest BCUT2D eigenvalue weighted by Crippen LogP contribution is -2.45. The van der Waals surface area contributed by atoms with Crippen molar-refractivity contribution in [2.24, 2.45) is 5.92 Å². The predicted molar refractivity (Wildman–Crippen MR) is 87.5 cm³/mol. The van der Waals surface area contributed by atoms with E-state index in [9.17, 15) is 14.7 Å². The van der Waals surface area contributed by atoms with E-state index in [0.717, 1.165) is 18.5 Å². The molecule has 0 aliphatic heterocycles. The molecule has 0 aromatic carbocycles. The molecule has 0 spiro atoms. The van der Waals surface area contributed by atoms with E-state index in [0.29, 0.717) is 18.0 Å². The first kappa shape index (κ1) is 17.5. The van der Waals surface area contributed by atoms with Crippen LogP contribution in [0, 0.1) is 5.92 Å². The topological polar surface area (TPSA) is 84.2 Å². The highest BCUT2D eigenvalue weighted by atomic mass is 16.4. The average molecular weight is 321 g/mol. The summed E-state index contributed by atoms with van der Waals surface area (Å²) in [6.07, 6.45) is 2.92. The summed E-state index contributed by atoms with van der Waals surface area (Å²) in [5.41, 5.74) is 1.16. The molecule has 2 atom stereocenters. The summed E-state index contributed by atoms with van der Waals surface area (Å²) in [6, 6.07) is 0.921. The van der Waals surface area contributed by atoms with Crippen molar-refractivity contribution in [1.82, 2.24) is 15.1 Å². The summed E-state index contributed by atoms with van der Waals surface area (Å²) < 4.78 is 1.90. The largest absolute Gasteiger partial charge is 0.480 e. The second kappa shape index (κ2) is 6.34. The van der Waals surface area contributed by atoms with Crippen molar-refractivity contribution in [3.05, 3.63) is 17.5 Å². The second-order valence-electron chi connectivity index (χ2n) is 7.49. The van der Waals surface area contributed by atoms with Crippen molar-refractivity contribution in [1.29, 1.82) is 0 Å². The summed E-state index contributed by atoms with van der Waals surface area (Å²) in [5, 5.41) is 16.4. The van der Waals surface area contributed by atoms with Gasteiger partial charge >= 0.3 is 5.97 Å². The number of nitrogens with zero attached hydrogens (tertiary/aromatic N) is 2. The first-order valence-electron chi connectivity index (χ1n) is 8.29. The van der Waals surface area contributed by atoms with Gasteiger partial charge in [-0.1, -0.05) is 20.3 Å². The van der Waals surface area contributed by atoms with E-state index in [1.807, 2.05) is 45.4 Å². The Morgan fingerprint density at radius 2 is 2.04 bits per heavy atom. The third kappa shape index (κ3) is 3.92. The summed E-state index contributed by atoms with van der Waals surface area (Å²) >= 11 is 0. The van der Waals surface area contributed by atoms with E-state index >= 15 is 0 Å². The van der Waals surface area contributed by atoms with Crippen LogP contribution in [0.2, 0.25) is 0 Å². The maximum absolute atomic E-state index is 12.5. The molecule has 1 heterocycles. The summed E-state index contributed by atoms with van der Waals surface area (Å²) in [6.45, 7) is 9.88. The van der Waals surface area contributed by atoms with Crippen molar-refractivity contribution < 1.29 is 14.7 Å². The maximum Gasteiger partial charge on any atom is 0.326 e. The molecule has 1 saturated carbocycles. The molecule has 2 N–H and O–H groups in total. The number of amides is 1. The number of carbonyl (C=O) groups is 2. The van der Waals surface area contributed by atoms with Gasteiger partial charge in [-0.15, -0.1) is 0 Å². The molecule has 1 fully saturated rings. The van der Waals surface area contributed by atoms with Gasteiger partial charge in [0.15, 0.2) is 0 Å². The Morgan fingerprint density at radius 1 is 1.43 bits per heavy atom. The van der Waals surface area contributed by atoms with E-state index in [1.54, 1.807) is 0 Å². The molecule has 1 aliphatic carbocycles. The van der Waals surface area contributed by atoms with Crippen LogP contribution in [0.4, 0.5) is 0 Å². The van der Waals surface area contributed by atoms with Gasteiger partial charge in [-0.05, 0) is 45.6 Å². The van der Waals surface area contributed by atoms with Gasteiger partial charge < -0.3 is 10.4 Å². The van der Waals surface area contributed by atoms with Crippen molar-refractivity contribution in [3.63, 3.8) is 0 Å². The summed E-state index contributed by atoms with van der Waals surface area (Å²) in [7, 11) is 0. The van der Waals surface area contributed by atoms with Crippen LogP contribution in [-0.2, 0) is 10.3 Å². The Labute approximate surface area is 137 Å². The van der Waals surface area contributed by atoms with E-state index < -0.39 is 17.9 Å². The van der Waals surface area contributed by atoms with Crippen LogP contribution >= 0.6 is 0 Å². The predicted octanol–water partition coefficient (Wildman–Crippen LogP) is 2.74. The molecule has 2 rings (SSSR count). The van der Waals surface area contributed by atoms with Gasteiger partial charge in [-0.25, -0.2) is 4.79 Å². The number of hydrogen-bond acceptors (Lipinski definition) is 3. The van der Waals surface area contributed by atoms with E-state index in [-0.39, 0.29) is 11.5 Å². The normalized spacial score (nSPS) is 17.6. The molecule has 0 bridgehead atoms. The number of carbonyl (C=O) groups excluding carboxylic acids is 1. The molecular weight excluding hydrogens is 294 g/mol. The van der Waals surface area contributed by atoms with Gasteiger partial charge in [0.05, 0.1) is 5.54 Å². The maximum atomic E-state index is 12.5. The number of carboxylic acid groups (broad SMARTS) is 1. The lowest BCUT2D eigenvalue weighted by Gasteiger charge is -2.22. The number of nitrogens with one attached hydrogen (secondary N) is 1. The molecule has 1 aliphatic rings. The van der Waals surface area contributed by atoms with Crippen molar-refractivity contribution in [2.45, 2.75) is 71.4 Å². The molecule has 23 heavy (non-hydrogen) atoms. The first-order chi connectivity index (χ1) is 10.6. The van der Waals surface area contributed by atoms with Gasteiger partial charge in [0.25, 0.3) is 5.91 Å². The summed E-state index contributed by atoms with van der Waals surface area (Å²) in [5.74, 6) is -1.09. The van der Waals surface area contributed by atoms with E-state index in [1.165, 1.54) is 0 Å². The Balaban J connectivity index is 2.24. The van der Waals surface area contributed by atoms with Crippen molar-refractivity contribution in [3.8, 4) is 0 Å². The van der Waals surface area contributed by atoms with Gasteiger partial charge in [0.1, 0.15) is 11.7 Å². The third-order valence-corrected chi connectivity index (χ3v) is 4.37. The Bertz CT molecular complexity index is 597. The monoisotopic (exact) mass is 321 g/mol. The smallest absolute Gasteiger partial charge is 0.326 e. The highest BCUT2D eigenvalue weighted by Gasteiger charge is 2.33. The van der Waals surface area contributed by atoms with E-state index in [4.69, 9.17) is 0 Å². The number of aliphatic carboxylic acids is 1. The van der Waals surface area contributed by atoms with Crippen LogP contribution in [0.25, 0.3) is 0 Å². The average Bonchev–Trinajstić information content (AvgIpc) is 3.20. The Kier molecular flexibility index (Phi) is 4.82. The summed E-state index contributed by atoms with van der Waals surface area (Å²) in [4.78, 5) is 23.8. The molecule has 6 nitrogen and oxygen atoms in total. The zero-order chi connectivity index (χ0) is 17.4. The fraction of sp³-hybridized carbons (Fsp3) is 0.706. The van der Waals surface area contributed by atoms with Gasteiger partial charge in [0.2, 0.25) is 0 Å². The third-order valence-electron chi connectivity index (χ3n) is 4.37. The Hall–Kier alpha value is -1.85. The molecule has 1 amide bonds. The van der Waals surface area contributed by atoms with Crippen LogP contribution in [-0.4, -0.2) is 32.8 Å². The molecule has 0 unspecified atom stereocenters. The molecule has 1 aromatic rings. The zero-order valence-electron chi connectivity index (χ0n) is 14.6. The molecule has 6 heteroatoms. The molecule has 128 valence electrons. The molecule has 0 saturated heterocycles. The van der Waals surface area contributed by atoms with Crippen LogP contribution in [0.1, 0.15) is 76.0 Å². The fourth-order valence-corrected chi connectivity index (χ4v) is 2.61. The van der Waals surface area contributed by atoms with Crippen LogP contribution in [0.5, 0.6) is 0 Å². The fourth-order valence-electron chi connectivity index (χ4n) is 2.61. The quantitative estimate of drug-likeness (QED) is 0.844. The lowest BCUT2D eigenvalue weighted by atomic mass is 9.99. The second-order valence-corrected chi connectivity index (χ2v) is 7.49. The lowest BCUT2D eigenvalue weighted by molar-refractivity contribution is -0.140. The number of aromatic nitrogens is 2. The van der Waals surface area contributed by atoms with Gasteiger partial charge in [0, 0.05) is 11.6 Å². The minimum atomic E-state index is -1.01. The van der Waals surface area contributed by atoms with E-state index in [2.05, 4.69) is 10.4 Å². The van der Waals surface area contributed by atoms with Gasteiger partial charge in [-0.2, -0.15) is 5.10 Å². The SMILES string of the molecule is CC[C@H](C)[C@H](NC(=O)c1cc(C2CC2)n(C(C)(C)C)n1)C(=O)O.